The summed E-state index contributed by atoms with van der Waals surface area (Å²) in [4.78, 5) is 0. The molecule has 0 spiro atoms. The van der Waals surface area contributed by atoms with Crippen LogP contribution in [0.15, 0.2) is 53.7 Å². The van der Waals surface area contributed by atoms with E-state index in [1.807, 2.05) is 42.5 Å². The highest BCUT2D eigenvalue weighted by Crippen LogP contribution is 2.24. The predicted octanol–water partition coefficient (Wildman–Crippen LogP) is 7.08. The predicted molar refractivity (Wildman–Crippen MR) is 118 cm³/mol. The molecule has 2 N–H and O–H groups in total. The van der Waals surface area contributed by atoms with Gasteiger partial charge in [0.05, 0.1) is 0 Å². The molecule has 0 heterocycles. The van der Waals surface area contributed by atoms with E-state index >= 15 is 0 Å². The van der Waals surface area contributed by atoms with E-state index in [1.54, 1.807) is 6.07 Å². The highest BCUT2D eigenvalue weighted by atomic mass is 16.4. The number of aromatic hydroxyl groups is 1. The molecule has 0 aliphatic heterocycles. The van der Waals surface area contributed by atoms with Crippen molar-refractivity contribution in [2.75, 3.05) is 0 Å². The number of benzene rings is 2. The Labute approximate surface area is 170 Å². The Morgan fingerprint density at radius 1 is 0.786 bits per heavy atom. The maximum Gasteiger partial charge on any atom is 0.125 e. The van der Waals surface area contributed by atoms with Crippen molar-refractivity contribution in [2.24, 2.45) is 5.16 Å². The van der Waals surface area contributed by atoms with Crippen LogP contribution in [0.3, 0.4) is 0 Å². The van der Waals surface area contributed by atoms with Gasteiger partial charge in [-0.25, -0.2) is 0 Å². The first kappa shape index (κ1) is 22.0. The van der Waals surface area contributed by atoms with Crippen molar-refractivity contribution in [3.8, 4) is 5.75 Å². The SMILES string of the molecule is CCCCCCCCCCCCc1ccc(O)c(C(=NO)c2ccccc2)c1. The molecule has 0 saturated carbocycles. The standard InChI is InChI=1S/C25H35NO2/c1-2-3-4-5-6-7-8-9-10-12-15-21-18-19-24(27)23(20-21)25(26-28)22-16-13-11-14-17-22/h11,13-14,16-20,27-28H,2-10,12,15H2,1H3. The number of hydrogen-bond acceptors (Lipinski definition) is 3. The molecule has 0 saturated heterocycles. The molecule has 0 atom stereocenters. The molecule has 2 aromatic carbocycles. The third-order valence-electron chi connectivity index (χ3n) is 5.28. The van der Waals surface area contributed by atoms with Gasteiger partial charge in [-0.1, -0.05) is 106 Å². The normalized spacial score (nSPS) is 11.7. The molecule has 0 aromatic heterocycles. The number of rotatable bonds is 13. The number of unbranched alkanes of at least 4 members (excludes halogenated alkanes) is 9. The van der Waals surface area contributed by atoms with E-state index in [-0.39, 0.29) is 5.75 Å². The van der Waals surface area contributed by atoms with Gasteiger partial charge in [0, 0.05) is 11.1 Å². The zero-order valence-electron chi connectivity index (χ0n) is 17.2. The van der Waals surface area contributed by atoms with Gasteiger partial charge in [0.2, 0.25) is 0 Å². The minimum absolute atomic E-state index is 0.142. The second-order valence-electron chi connectivity index (χ2n) is 7.60. The molecule has 3 nitrogen and oxygen atoms in total. The van der Waals surface area contributed by atoms with E-state index < -0.39 is 0 Å². The number of oxime groups is 1. The first-order valence-electron chi connectivity index (χ1n) is 10.9. The lowest BCUT2D eigenvalue weighted by Gasteiger charge is -2.10. The van der Waals surface area contributed by atoms with Crippen LogP contribution in [0, 0.1) is 0 Å². The van der Waals surface area contributed by atoms with Crippen LogP contribution in [-0.2, 0) is 6.42 Å². The Kier molecular flexibility index (Phi) is 10.2. The maximum atomic E-state index is 10.3. The average Bonchev–Trinajstić information content (AvgIpc) is 2.73. The van der Waals surface area contributed by atoms with Gasteiger partial charge in [-0.05, 0) is 30.5 Å². The fourth-order valence-corrected chi connectivity index (χ4v) is 3.61. The van der Waals surface area contributed by atoms with Crippen molar-refractivity contribution in [1.82, 2.24) is 0 Å². The minimum Gasteiger partial charge on any atom is -0.507 e. The zero-order chi connectivity index (χ0) is 20.0. The van der Waals surface area contributed by atoms with Gasteiger partial charge >= 0.3 is 0 Å². The fourth-order valence-electron chi connectivity index (χ4n) is 3.61. The summed E-state index contributed by atoms with van der Waals surface area (Å²) in [5.74, 6) is 0.142. The Hall–Kier alpha value is -2.29. The lowest BCUT2D eigenvalue weighted by Crippen LogP contribution is -2.04. The van der Waals surface area contributed by atoms with E-state index in [0.717, 1.165) is 18.4 Å². The van der Waals surface area contributed by atoms with Gasteiger partial charge in [-0.2, -0.15) is 0 Å². The second kappa shape index (κ2) is 13.0. The van der Waals surface area contributed by atoms with Gasteiger partial charge in [0.25, 0.3) is 0 Å². The number of hydrogen-bond donors (Lipinski definition) is 2. The zero-order valence-corrected chi connectivity index (χ0v) is 17.2. The van der Waals surface area contributed by atoms with Crippen LogP contribution in [0.25, 0.3) is 0 Å². The molecule has 152 valence electrons. The lowest BCUT2D eigenvalue weighted by atomic mass is 9.97. The molecule has 2 aromatic rings. The Bertz CT molecular complexity index is 710. The molecule has 3 heteroatoms. The average molecular weight is 382 g/mol. The van der Waals surface area contributed by atoms with E-state index in [0.29, 0.717) is 11.3 Å². The summed E-state index contributed by atoms with van der Waals surface area (Å²) in [6, 6.07) is 15.1. The number of nitrogens with zero attached hydrogens (tertiary/aromatic N) is 1. The van der Waals surface area contributed by atoms with Crippen LogP contribution in [-0.4, -0.2) is 16.0 Å². The van der Waals surface area contributed by atoms with Crippen LogP contribution >= 0.6 is 0 Å². The van der Waals surface area contributed by atoms with Crippen molar-refractivity contribution in [3.05, 3.63) is 65.2 Å². The second-order valence-corrected chi connectivity index (χ2v) is 7.60. The third-order valence-corrected chi connectivity index (χ3v) is 5.28. The van der Waals surface area contributed by atoms with Crippen LogP contribution in [0.1, 0.15) is 87.8 Å². The quantitative estimate of drug-likeness (QED) is 0.168. The molecule has 0 bridgehead atoms. The summed E-state index contributed by atoms with van der Waals surface area (Å²) in [6.07, 6.45) is 14.2. The van der Waals surface area contributed by atoms with Crippen molar-refractivity contribution >= 4 is 5.71 Å². The largest absolute Gasteiger partial charge is 0.507 e. The molecule has 0 aliphatic carbocycles. The Balaban J connectivity index is 1.79. The van der Waals surface area contributed by atoms with Crippen LogP contribution in [0.4, 0.5) is 0 Å². The molecule has 2 rings (SSSR count). The maximum absolute atomic E-state index is 10.3. The minimum atomic E-state index is 0.142. The monoisotopic (exact) mass is 381 g/mol. The van der Waals surface area contributed by atoms with Crippen molar-refractivity contribution < 1.29 is 10.3 Å². The van der Waals surface area contributed by atoms with Gasteiger partial charge < -0.3 is 10.3 Å². The highest BCUT2D eigenvalue weighted by Gasteiger charge is 2.13. The molecule has 0 unspecified atom stereocenters. The molecule has 28 heavy (non-hydrogen) atoms. The molecule has 0 aliphatic rings. The molecule has 0 fully saturated rings. The first-order chi connectivity index (χ1) is 13.8. The molecule has 0 amide bonds. The number of phenols is 1. The number of phenolic OH excluding ortho intramolecular Hbond substituents is 1. The van der Waals surface area contributed by atoms with Gasteiger partial charge in [0.1, 0.15) is 11.5 Å². The van der Waals surface area contributed by atoms with Crippen molar-refractivity contribution in [1.29, 1.82) is 0 Å². The third kappa shape index (κ3) is 7.38. The van der Waals surface area contributed by atoms with Crippen LogP contribution < -0.4 is 0 Å². The summed E-state index contributed by atoms with van der Waals surface area (Å²) in [7, 11) is 0. The summed E-state index contributed by atoms with van der Waals surface area (Å²) in [6.45, 7) is 2.26. The van der Waals surface area contributed by atoms with Gasteiger partial charge in [0.15, 0.2) is 0 Å². The van der Waals surface area contributed by atoms with Crippen LogP contribution in [0.5, 0.6) is 5.75 Å². The smallest absolute Gasteiger partial charge is 0.125 e. The van der Waals surface area contributed by atoms with E-state index in [2.05, 4.69) is 12.1 Å². The molecular weight excluding hydrogens is 346 g/mol. The van der Waals surface area contributed by atoms with Crippen molar-refractivity contribution in [2.45, 2.75) is 77.6 Å². The van der Waals surface area contributed by atoms with Crippen LogP contribution in [0.2, 0.25) is 0 Å². The van der Waals surface area contributed by atoms with Gasteiger partial charge in [-0.15, -0.1) is 0 Å². The first-order valence-corrected chi connectivity index (χ1v) is 10.9. The molecule has 0 radical (unpaired) electrons. The van der Waals surface area contributed by atoms with E-state index in [4.69, 9.17) is 0 Å². The topological polar surface area (TPSA) is 52.8 Å². The summed E-state index contributed by atoms with van der Waals surface area (Å²) < 4.78 is 0. The van der Waals surface area contributed by atoms with E-state index in [1.165, 1.54) is 63.4 Å². The Morgan fingerprint density at radius 3 is 2.00 bits per heavy atom. The lowest BCUT2D eigenvalue weighted by molar-refractivity contribution is 0.319. The van der Waals surface area contributed by atoms with Gasteiger partial charge in [-0.3, -0.25) is 0 Å². The van der Waals surface area contributed by atoms with Crippen molar-refractivity contribution in [3.63, 3.8) is 0 Å². The van der Waals surface area contributed by atoms with E-state index in [9.17, 15) is 10.3 Å². The highest BCUT2D eigenvalue weighted by molar-refractivity contribution is 6.14. The number of aryl methyl sites for hydroxylation is 1. The summed E-state index contributed by atoms with van der Waals surface area (Å²) >= 11 is 0. The molecular formula is C25H35NO2. The summed E-state index contributed by atoms with van der Waals surface area (Å²) in [5.41, 5.74) is 2.95. The summed E-state index contributed by atoms with van der Waals surface area (Å²) in [5, 5.41) is 23.2. The Morgan fingerprint density at radius 2 is 1.39 bits per heavy atom. The fraction of sp³-hybridized carbons (Fsp3) is 0.480.